The molecule has 0 unspecified atom stereocenters. The summed E-state index contributed by atoms with van der Waals surface area (Å²) >= 11 is 0. The number of alkyl halides is 3. The summed E-state index contributed by atoms with van der Waals surface area (Å²) in [4.78, 5) is 63.2. The number of nitrogens with zero attached hydrogens (tertiary/aromatic N) is 1. The second kappa shape index (κ2) is 23.8. The molecule has 2 aromatic carbocycles. The van der Waals surface area contributed by atoms with Gasteiger partial charge in [0.15, 0.2) is 11.7 Å². The van der Waals surface area contributed by atoms with Crippen LogP contribution in [-0.4, -0.2) is 99.3 Å². The quantitative estimate of drug-likeness (QED) is 0.0680. The monoisotopic (exact) mass is 942 g/mol. The Morgan fingerprint density at radius 3 is 2.20 bits per heavy atom. The molecule has 0 bridgehead atoms. The molecular formula is C39H49F4HoN4O8-. The van der Waals surface area contributed by atoms with E-state index < -0.39 is 42.9 Å². The molecule has 12 nitrogen and oxygen atoms in total. The van der Waals surface area contributed by atoms with Crippen LogP contribution in [0.4, 0.5) is 23.2 Å². The van der Waals surface area contributed by atoms with Crippen molar-refractivity contribution in [1.29, 1.82) is 0 Å². The number of ether oxygens (including phenoxy) is 3. The van der Waals surface area contributed by atoms with Crippen LogP contribution >= 0.6 is 0 Å². The van der Waals surface area contributed by atoms with Gasteiger partial charge >= 0.3 is 6.18 Å². The van der Waals surface area contributed by atoms with Crippen LogP contribution in [0.3, 0.4) is 0 Å². The average molecular weight is 943 g/mol. The number of hydrogen-bond donors (Lipinski definition) is 3. The van der Waals surface area contributed by atoms with Crippen LogP contribution in [0.5, 0.6) is 0 Å². The molecule has 3 N–H and O–H groups in total. The first-order chi connectivity index (χ1) is 26.3. The number of anilines is 1. The van der Waals surface area contributed by atoms with Crippen molar-refractivity contribution >= 4 is 35.1 Å². The Hall–Kier alpha value is -3.28. The second-order valence-corrected chi connectivity index (χ2v) is 13.5. The predicted molar refractivity (Wildman–Crippen MR) is 193 cm³/mol. The molecule has 2 aliphatic rings. The van der Waals surface area contributed by atoms with Crippen molar-refractivity contribution in [3.05, 3.63) is 70.9 Å². The molecule has 17 heteroatoms. The van der Waals surface area contributed by atoms with E-state index in [0.717, 1.165) is 50.3 Å². The van der Waals surface area contributed by atoms with Gasteiger partial charge in [-0.1, -0.05) is 55.9 Å². The van der Waals surface area contributed by atoms with Gasteiger partial charge in [0.2, 0.25) is 17.7 Å². The Labute approximate surface area is 354 Å². The summed E-state index contributed by atoms with van der Waals surface area (Å²) in [6, 6.07) is 7.56. The number of hydrogen-bond acceptors (Lipinski definition) is 8. The largest absolute Gasteiger partial charge is 0.408 e. The summed E-state index contributed by atoms with van der Waals surface area (Å²) < 4.78 is 70.3. The molecule has 0 saturated heterocycles. The van der Waals surface area contributed by atoms with Crippen molar-refractivity contribution in [2.45, 2.75) is 77.1 Å². The van der Waals surface area contributed by atoms with Crippen molar-refractivity contribution in [2.24, 2.45) is 5.92 Å². The molecule has 0 aliphatic heterocycles. The Kier molecular flexibility index (Phi) is 20.0. The summed E-state index contributed by atoms with van der Waals surface area (Å²) in [6.45, 7) is 1.76. The van der Waals surface area contributed by atoms with Crippen molar-refractivity contribution in [1.82, 2.24) is 15.5 Å². The Morgan fingerprint density at radius 2 is 1.52 bits per heavy atom. The third-order valence-corrected chi connectivity index (χ3v) is 9.51. The minimum absolute atomic E-state index is 0. The number of amides is 4. The molecule has 1 radical (unpaired) electrons. The zero-order chi connectivity index (χ0) is 39.8. The van der Waals surface area contributed by atoms with Gasteiger partial charge in [-0.05, 0) is 37.5 Å². The van der Waals surface area contributed by atoms with Gasteiger partial charge in [0.05, 0.1) is 39.6 Å². The van der Waals surface area contributed by atoms with E-state index in [9.17, 15) is 41.5 Å². The van der Waals surface area contributed by atoms with Crippen molar-refractivity contribution in [3.8, 4) is 0 Å². The molecular weight excluding hydrogens is 893 g/mol. The number of nitrogens with one attached hydrogen (secondary N) is 3. The SMILES string of the molecule is C[C@H](N(Cc1ccc(F)cc1)C(=O)CNC(=O)[C-]1CCc2cc(NC(=O)CCC(=O)NCCOCCOCCOCC(=O)C3CCCC3)ccc21)C(F)(F)F.[Ho]. The summed E-state index contributed by atoms with van der Waals surface area (Å²) in [5.74, 6) is -2.15. The van der Waals surface area contributed by atoms with E-state index in [-0.39, 0.29) is 93.9 Å². The van der Waals surface area contributed by atoms with Gasteiger partial charge in [-0.15, -0.1) is 5.56 Å². The Balaban J connectivity index is 0.00000841. The van der Waals surface area contributed by atoms with E-state index in [4.69, 9.17) is 14.2 Å². The van der Waals surface area contributed by atoms with E-state index in [0.29, 0.717) is 66.9 Å². The van der Waals surface area contributed by atoms with Crippen molar-refractivity contribution in [2.75, 3.05) is 58.0 Å². The van der Waals surface area contributed by atoms with E-state index in [1.165, 1.54) is 12.1 Å². The number of rotatable bonds is 22. The number of carbonyl (C=O) groups excluding carboxylic acids is 5. The summed E-state index contributed by atoms with van der Waals surface area (Å²) in [7, 11) is 0. The van der Waals surface area contributed by atoms with Crippen LogP contribution < -0.4 is 16.0 Å². The first-order valence-corrected chi connectivity index (χ1v) is 18.5. The minimum Gasteiger partial charge on any atom is -0.377 e. The number of benzene rings is 2. The van der Waals surface area contributed by atoms with E-state index in [1.54, 1.807) is 18.2 Å². The van der Waals surface area contributed by atoms with E-state index in [2.05, 4.69) is 16.0 Å². The first-order valence-electron chi connectivity index (χ1n) is 18.5. The molecule has 1 fully saturated rings. The fourth-order valence-electron chi connectivity index (χ4n) is 6.35. The van der Waals surface area contributed by atoms with Crippen molar-refractivity contribution < 1.29 is 93.5 Å². The standard InChI is InChI=1S/C39H49F4N4O8.Ho/c1-26(39(41,42)43)47(24-27-6-9-30(40)10-7-27)37(51)23-45-38(52)33-12-8-29-22-31(11-13-32(29)33)46-36(50)15-14-35(49)44-16-17-53-18-19-54-20-21-55-25-34(48)28-4-2-3-5-28;/h6-7,9-11,13,22,26,28H,2-5,8,12,14-21,23-25H2,1H3,(H,44,49)(H,45,52)(H,46,50);/q-1;/t26-;/m0./s1. The molecule has 2 aliphatic carbocycles. The summed E-state index contributed by atoms with van der Waals surface area (Å²) in [5, 5.41) is 7.87. The van der Waals surface area contributed by atoms with Crippen LogP contribution in [0.25, 0.3) is 0 Å². The van der Waals surface area contributed by atoms with Crippen molar-refractivity contribution in [3.63, 3.8) is 0 Å². The zero-order valence-electron chi connectivity index (χ0n) is 31.2. The van der Waals surface area contributed by atoms with Crippen LogP contribution in [0.15, 0.2) is 42.5 Å². The molecule has 0 spiro atoms. The molecule has 1 atom stereocenters. The molecule has 0 aromatic heterocycles. The van der Waals surface area contributed by atoms with Gasteiger partial charge in [0, 0.05) is 75.3 Å². The van der Waals surface area contributed by atoms with Gasteiger partial charge in [-0.2, -0.15) is 24.8 Å². The second-order valence-electron chi connectivity index (χ2n) is 13.5. The third kappa shape index (κ3) is 15.6. The molecule has 313 valence electrons. The maximum Gasteiger partial charge on any atom is 0.408 e. The molecule has 4 rings (SSSR count). The number of Topliss-reactive ketones (excluding diaryl/α,β-unsaturated/α-hetero) is 1. The molecule has 56 heavy (non-hydrogen) atoms. The van der Waals surface area contributed by atoms with Gasteiger partial charge in [-0.25, -0.2) is 4.39 Å². The average Bonchev–Trinajstić information content (AvgIpc) is 3.85. The summed E-state index contributed by atoms with van der Waals surface area (Å²) in [5.41, 5.74) is 2.13. The zero-order valence-corrected chi connectivity index (χ0v) is 33.2. The smallest absolute Gasteiger partial charge is 0.377 e. The van der Waals surface area contributed by atoms with Crippen LogP contribution in [0.1, 0.15) is 68.6 Å². The fourth-order valence-corrected chi connectivity index (χ4v) is 6.35. The fraction of sp³-hybridized carbons (Fsp3) is 0.538. The summed E-state index contributed by atoms with van der Waals surface area (Å²) in [6.07, 6.45) is 0.0885. The minimum atomic E-state index is -4.72. The van der Waals surface area contributed by atoms with E-state index in [1.807, 2.05) is 0 Å². The van der Waals surface area contributed by atoms with Crippen LogP contribution in [0.2, 0.25) is 0 Å². The van der Waals surface area contributed by atoms with Gasteiger partial charge in [0.1, 0.15) is 18.5 Å². The Bertz CT molecular complexity index is 1610. The Morgan fingerprint density at radius 1 is 0.875 bits per heavy atom. The number of aryl methyl sites for hydroxylation is 1. The van der Waals surface area contributed by atoms with Crippen LogP contribution in [-0.2, 0) is 51.1 Å². The maximum atomic E-state index is 13.6. The molecule has 1 saturated carbocycles. The maximum absolute atomic E-state index is 13.6. The molecule has 2 aromatic rings. The molecule has 0 heterocycles. The van der Waals surface area contributed by atoms with Crippen LogP contribution in [0, 0.1) is 55.4 Å². The molecule has 4 amide bonds. The predicted octanol–water partition coefficient (Wildman–Crippen LogP) is 4.43. The normalized spacial score (nSPS) is 14.4. The topological polar surface area (TPSA) is 152 Å². The van der Waals surface area contributed by atoms with Gasteiger partial charge < -0.3 is 35.1 Å². The number of fused-ring (bicyclic) bond motifs is 1. The number of ketones is 1. The third-order valence-electron chi connectivity index (χ3n) is 9.51. The van der Waals surface area contributed by atoms with Gasteiger partial charge in [0.25, 0.3) is 0 Å². The first kappa shape index (κ1) is 47.1. The number of carbonyl (C=O) groups is 5. The van der Waals surface area contributed by atoms with Gasteiger partial charge in [-0.3, -0.25) is 24.0 Å². The number of halogens is 4. The van der Waals surface area contributed by atoms with E-state index >= 15 is 0 Å².